The Bertz CT molecular complexity index is 579. The number of ether oxygens (including phenoxy) is 1. The van der Waals surface area contributed by atoms with Crippen molar-refractivity contribution >= 4 is 17.2 Å². The van der Waals surface area contributed by atoms with E-state index in [1.54, 1.807) is 23.7 Å². The number of carbonyl (C=O) groups is 1. The minimum Gasteiger partial charge on any atom is -0.378 e. The molecular formula is C14H15N3O2S. The zero-order chi connectivity index (χ0) is 13.8. The van der Waals surface area contributed by atoms with Gasteiger partial charge in [0.1, 0.15) is 5.01 Å². The molecule has 20 heavy (non-hydrogen) atoms. The van der Waals surface area contributed by atoms with Gasteiger partial charge in [0, 0.05) is 36.4 Å². The minimum atomic E-state index is 0.125. The van der Waals surface area contributed by atoms with E-state index in [1.165, 1.54) is 0 Å². The molecule has 1 aliphatic rings. The standard InChI is InChI=1S/C14H15N3O2S/c18-13(17-5-7-19-8-6-17)9-12-10-20-14(16-12)11-1-3-15-4-2-11/h1-4,10H,5-9H2. The van der Waals surface area contributed by atoms with Gasteiger partial charge in [-0.15, -0.1) is 11.3 Å². The van der Waals surface area contributed by atoms with Gasteiger partial charge in [-0.25, -0.2) is 4.98 Å². The van der Waals surface area contributed by atoms with Crippen molar-refractivity contribution < 1.29 is 9.53 Å². The van der Waals surface area contributed by atoms with Crippen LogP contribution in [0.15, 0.2) is 29.9 Å². The molecule has 3 heterocycles. The Morgan fingerprint density at radius 3 is 2.80 bits per heavy atom. The summed E-state index contributed by atoms with van der Waals surface area (Å²) >= 11 is 1.56. The summed E-state index contributed by atoms with van der Waals surface area (Å²) in [5.74, 6) is 0.125. The fourth-order valence-electron chi connectivity index (χ4n) is 2.09. The van der Waals surface area contributed by atoms with Crippen LogP contribution in [0.25, 0.3) is 10.6 Å². The van der Waals surface area contributed by atoms with E-state index in [-0.39, 0.29) is 5.91 Å². The minimum absolute atomic E-state index is 0.125. The Kier molecular flexibility index (Phi) is 4.03. The summed E-state index contributed by atoms with van der Waals surface area (Å²) in [6.07, 6.45) is 3.85. The molecule has 1 aliphatic heterocycles. The molecule has 2 aromatic heterocycles. The van der Waals surface area contributed by atoms with Crippen molar-refractivity contribution in [2.24, 2.45) is 0 Å². The molecule has 0 saturated carbocycles. The van der Waals surface area contributed by atoms with Gasteiger partial charge in [-0.3, -0.25) is 9.78 Å². The first kappa shape index (κ1) is 13.2. The van der Waals surface area contributed by atoms with Crippen molar-refractivity contribution in [3.05, 3.63) is 35.6 Å². The molecule has 0 spiro atoms. The largest absolute Gasteiger partial charge is 0.378 e. The topological polar surface area (TPSA) is 55.3 Å². The summed E-state index contributed by atoms with van der Waals surface area (Å²) in [7, 11) is 0. The first-order valence-electron chi connectivity index (χ1n) is 6.53. The molecule has 104 valence electrons. The summed E-state index contributed by atoms with van der Waals surface area (Å²) < 4.78 is 5.25. The second-order valence-electron chi connectivity index (χ2n) is 4.55. The van der Waals surface area contributed by atoms with Gasteiger partial charge in [0.2, 0.25) is 5.91 Å². The molecule has 0 radical (unpaired) electrons. The monoisotopic (exact) mass is 289 g/mol. The third kappa shape index (κ3) is 3.02. The van der Waals surface area contributed by atoms with Gasteiger partial charge in [-0.05, 0) is 12.1 Å². The number of carbonyl (C=O) groups excluding carboxylic acids is 1. The van der Waals surface area contributed by atoms with E-state index >= 15 is 0 Å². The summed E-state index contributed by atoms with van der Waals surface area (Å²) in [4.78, 5) is 22.5. The lowest BCUT2D eigenvalue weighted by molar-refractivity contribution is -0.134. The molecule has 1 fully saturated rings. The van der Waals surface area contributed by atoms with Crippen LogP contribution in [0.2, 0.25) is 0 Å². The van der Waals surface area contributed by atoms with Crippen molar-refractivity contribution in [3.63, 3.8) is 0 Å². The van der Waals surface area contributed by atoms with Gasteiger partial charge in [0.15, 0.2) is 0 Å². The van der Waals surface area contributed by atoms with Crippen LogP contribution in [0, 0.1) is 0 Å². The normalized spacial score (nSPS) is 15.3. The second-order valence-corrected chi connectivity index (χ2v) is 5.41. The van der Waals surface area contributed by atoms with Gasteiger partial charge in [0.05, 0.1) is 25.3 Å². The predicted molar refractivity (Wildman–Crippen MR) is 76.4 cm³/mol. The van der Waals surface area contributed by atoms with Crippen molar-refractivity contribution in [2.45, 2.75) is 6.42 Å². The first-order chi connectivity index (χ1) is 9.83. The molecule has 0 unspecified atom stereocenters. The quantitative estimate of drug-likeness (QED) is 0.861. The summed E-state index contributed by atoms with van der Waals surface area (Å²) in [5.41, 5.74) is 1.87. The number of hydrogen-bond donors (Lipinski definition) is 0. The maximum absolute atomic E-state index is 12.1. The molecular weight excluding hydrogens is 274 g/mol. The lowest BCUT2D eigenvalue weighted by Crippen LogP contribution is -2.41. The highest BCUT2D eigenvalue weighted by Crippen LogP contribution is 2.23. The number of rotatable bonds is 3. The molecule has 6 heteroatoms. The second kappa shape index (κ2) is 6.11. The number of amides is 1. The highest BCUT2D eigenvalue weighted by molar-refractivity contribution is 7.13. The number of thiazole rings is 1. The molecule has 5 nitrogen and oxygen atoms in total. The van der Waals surface area contributed by atoms with Gasteiger partial charge < -0.3 is 9.64 Å². The molecule has 0 atom stereocenters. The number of hydrogen-bond acceptors (Lipinski definition) is 5. The van der Waals surface area contributed by atoms with E-state index in [2.05, 4.69) is 9.97 Å². The molecule has 0 N–H and O–H groups in total. The van der Waals surface area contributed by atoms with Crippen molar-refractivity contribution in [1.29, 1.82) is 0 Å². The lowest BCUT2D eigenvalue weighted by atomic mass is 10.2. The van der Waals surface area contributed by atoms with E-state index in [1.807, 2.05) is 22.4 Å². The number of aromatic nitrogens is 2. The SMILES string of the molecule is O=C(Cc1csc(-c2ccncc2)n1)N1CCOCC1. The van der Waals surface area contributed by atoms with Crippen LogP contribution in [-0.2, 0) is 16.0 Å². The fraction of sp³-hybridized carbons (Fsp3) is 0.357. The van der Waals surface area contributed by atoms with Crippen molar-refractivity contribution in [2.75, 3.05) is 26.3 Å². The van der Waals surface area contributed by atoms with Gasteiger partial charge in [-0.1, -0.05) is 0 Å². The number of nitrogens with zero attached hydrogens (tertiary/aromatic N) is 3. The predicted octanol–water partition coefficient (Wildman–Crippen LogP) is 1.61. The summed E-state index contributed by atoms with van der Waals surface area (Å²) in [6, 6.07) is 3.85. The van der Waals surface area contributed by atoms with Crippen LogP contribution in [-0.4, -0.2) is 47.1 Å². The van der Waals surface area contributed by atoms with Crippen molar-refractivity contribution in [1.82, 2.24) is 14.9 Å². The molecule has 1 saturated heterocycles. The Balaban J connectivity index is 1.66. The molecule has 3 rings (SSSR count). The van der Waals surface area contributed by atoms with Crippen molar-refractivity contribution in [3.8, 4) is 10.6 Å². The Morgan fingerprint density at radius 1 is 1.30 bits per heavy atom. The van der Waals surface area contributed by atoms with Gasteiger partial charge in [-0.2, -0.15) is 0 Å². The van der Waals surface area contributed by atoms with Gasteiger partial charge >= 0.3 is 0 Å². The maximum Gasteiger partial charge on any atom is 0.228 e. The fourth-order valence-corrected chi connectivity index (χ4v) is 2.92. The van der Waals surface area contributed by atoms with E-state index in [4.69, 9.17) is 4.74 Å². The summed E-state index contributed by atoms with van der Waals surface area (Å²) in [5, 5.41) is 2.88. The van der Waals surface area contributed by atoms with Crippen LogP contribution in [0.1, 0.15) is 5.69 Å². The highest BCUT2D eigenvalue weighted by atomic mass is 32.1. The summed E-state index contributed by atoms with van der Waals surface area (Å²) in [6.45, 7) is 2.62. The zero-order valence-electron chi connectivity index (χ0n) is 11.0. The van der Waals surface area contributed by atoms with E-state index in [9.17, 15) is 4.79 Å². The van der Waals surface area contributed by atoms with Crippen LogP contribution in [0.5, 0.6) is 0 Å². The number of pyridine rings is 1. The van der Waals surface area contributed by atoms with Crippen LogP contribution in [0.3, 0.4) is 0 Å². The average molecular weight is 289 g/mol. The van der Waals surface area contributed by atoms with Crippen LogP contribution in [0.4, 0.5) is 0 Å². The van der Waals surface area contributed by atoms with Gasteiger partial charge in [0.25, 0.3) is 0 Å². The molecule has 1 amide bonds. The van der Waals surface area contributed by atoms with Crippen LogP contribution >= 0.6 is 11.3 Å². The van der Waals surface area contributed by atoms with E-state index < -0.39 is 0 Å². The Hall–Kier alpha value is -1.79. The molecule has 2 aromatic rings. The Morgan fingerprint density at radius 2 is 2.05 bits per heavy atom. The zero-order valence-corrected chi connectivity index (χ0v) is 11.8. The lowest BCUT2D eigenvalue weighted by Gasteiger charge is -2.26. The number of morpholine rings is 1. The Labute approximate surface area is 121 Å². The van der Waals surface area contributed by atoms with Crippen LogP contribution < -0.4 is 0 Å². The van der Waals surface area contributed by atoms with E-state index in [0.29, 0.717) is 32.7 Å². The first-order valence-corrected chi connectivity index (χ1v) is 7.41. The van der Waals surface area contributed by atoms with E-state index in [0.717, 1.165) is 16.3 Å². The molecule has 0 aliphatic carbocycles. The third-order valence-corrected chi connectivity index (χ3v) is 4.12. The molecule has 0 aromatic carbocycles. The molecule has 0 bridgehead atoms. The maximum atomic E-state index is 12.1. The third-order valence-electron chi connectivity index (χ3n) is 3.18. The highest BCUT2D eigenvalue weighted by Gasteiger charge is 2.18. The smallest absolute Gasteiger partial charge is 0.228 e. The average Bonchev–Trinajstić information content (AvgIpc) is 2.97.